The van der Waals surface area contributed by atoms with Crippen LogP contribution in [-0.4, -0.2) is 23.3 Å². The molecule has 2 heterocycles. The molecule has 0 saturated heterocycles. The molecule has 2 rings (SSSR count). The topological polar surface area (TPSA) is 84.2 Å². The van der Waals surface area contributed by atoms with Crippen molar-refractivity contribution in [3.8, 4) is 0 Å². The van der Waals surface area contributed by atoms with Crippen LogP contribution in [0.5, 0.6) is 0 Å². The Morgan fingerprint density at radius 2 is 2.32 bits per heavy atom. The fourth-order valence-electron chi connectivity index (χ4n) is 1.41. The van der Waals surface area contributed by atoms with Crippen LogP contribution in [0.3, 0.4) is 0 Å². The molecule has 0 aliphatic carbocycles. The van der Waals surface area contributed by atoms with Crippen molar-refractivity contribution in [3.05, 3.63) is 35.7 Å². The SMILES string of the molecule is O=C(CCCNC(=O)c1ccco1)Nc1nccs1. The van der Waals surface area contributed by atoms with Crippen molar-refractivity contribution in [1.29, 1.82) is 0 Å². The van der Waals surface area contributed by atoms with Crippen molar-refractivity contribution in [2.24, 2.45) is 0 Å². The van der Waals surface area contributed by atoms with Gasteiger partial charge in [0, 0.05) is 24.5 Å². The molecule has 0 spiro atoms. The molecule has 7 heteroatoms. The summed E-state index contributed by atoms with van der Waals surface area (Å²) < 4.78 is 4.95. The summed E-state index contributed by atoms with van der Waals surface area (Å²) in [6.45, 7) is 0.421. The Kier molecular flexibility index (Phi) is 4.68. The second-order valence-electron chi connectivity index (χ2n) is 3.72. The maximum Gasteiger partial charge on any atom is 0.286 e. The van der Waals surface area contributed by atoms with Crippen molar-refractivity contribution in [3.63, 3.8) is 0 Å². The van der Waals surface area contributed by atoms with Gasteiger partial charge in [-0.3, -0.25) is 9.59 Å². The van der Waals surface area contributed by atoms with Crippen LogP contribution in [0.4, 0.5) is 5.13 Å². The van der Waals surface area contributed by atoms with E-state index in [0.717, 1.165) is 0 Å². The van der Waals surface area contributed by atoms with Gasteiger partial charge in [0.05, 0.1) is 6.26 Å². The average molecular weight is 279 g/mol. The molecule has 0 atom stereocenters. The monoisotopic (exact) mass is 279 g/mol. The van der Waals surface area contributed by atoms with Crippen LogP contribution in [0.1, 0.15) is 23.4 Å². The highest BCUT2D eigenvalue weighted by Crippen LogP contribution is 2.10. The summed E-state index contributed by atoms with van der Waals surface area (Å²) in [7, 11) is 0. The van der Waals surface area contributed by atoms with Crippen molar-refractivity contribution in [2.45, 2.75) is 12.8 Å². The Morgan fingerprint density at radius 3 is 3.00 bits per heavy atom. The number of nitrogens with one attached hydrogen (secondary N) is 2. The van der Waals surface area contributed by atoms with Gasteiger partial charge >= 0.3 is 0 Å². The van der Waals surface area contributed by atoms with E-state index >= 15 is 0 Å². The predicted octanol–water partition coefficient (Wildman–Crippen LogP) is 1.88. The molecular formula is C12H13N3O3S. The third kappa shape index (κ3) is 4.22. The number of thiazole rings is 1. The van der Waals surface area contributed by atoms with Crippen LogP contribution in [0.15, 0.2) is 34.4 Å². The maximum absolute atomic E-state index is 11.5. The van der Waals surface area contributed by atoms with E-state index in [2.05, 4.69) is 15.6 Å². The van der Waals surface area contributed by atoms with Gasteiger partial charge in [0.2, 0.25) is 5.91 Å². The highest BCUT2D eigenvalue weighted by atomic mass is 32.1. The van der Waals surface area contributed by atoms with E-state index in [0.29, 0.717) is 24.5 Å². The first kappa shape index (κ1) is 13.3. The number of hydrogen-bond donors (Lipinski definition) is 2. The van der Waals surface area contributed by atoms with Crippen LogP contribution >= 0.6 is 11.3 Å². The molecule has 6 nitrogen and oxygen atoms in total. The van der Waals surface area contributed by atoms with Crippen LogP contribution in [0.25, 0.3) is 0 Å². The Morgan fingerprint density at radius 1 is 1.42 bits per heavy atom. The number of aromatic nitrogens is 1. The number of carbonyl (C=O) groups is 2. The lowest BCUT2D eigenvalue weighted by Crippen LogP contribution is -2.25. The molecule has 0 aliphatic rings. The number of anilines is 1. The molecule has 2 aromatic heterocycles. The van der Waals surface area contributed by atoms with Gasteiger partial charge in [-0.1, -0.05) is 0 Å². The van der Waals surface area contributed by atoms with Crippen molar-refractivity contribution in [2.75, 3.05) is 11.9 Å². The van der Waals surface area contributed by atoms with Gasteiger partial charge in [-0.25, -0.2) is 4.98 Å². The molecule has 0 radical (unpaired) electrons. The number of furan rings is 1. The molecule has 0 saturated carbocycles. The van der Waals surface area contributed by atoms with Gasteiger partial charge in [-0.2, -0.15) is 0 Å². The number of hydrogen-bond acceptors (Lipinski definition) is 5. The Labute approximate surface area is 113 Å². The van der Waals surface area contributed by atoms with E-state index in [9.17, 15) is 9.59 Å². The molecule has 2 N–H and O–H groups in total. The lowest BCUT2D eigenvalue weighted by molar-refractivity contribution is -0.116. The van der Waals surface area contributed by atoms with E-state index in [1.54, 1.807) is 23.7 Å². The van der Waals surface area contributed by atoms with Gasteiger partial charge in [0.1, 0.15) is 0 Å². The molecule has 2 amide bonds. The number of rotatable bonds is 6. The zero-order valence-corrected chi connectivity index (χ0v) is 10.9. The second-order valence-corrected chi connectivity index (χ2v) is 4.62. The zero-order valence-electron chi connectivity index (χ0n) is 10.1. The quantitative estimate of drug-likeness (QED) is 0.791. The summed E-state index contributed by atoms with van der Waals surface area (Å²) in [4.78, 5) is 27.0. The fraction of sp³-hybridized carbons (Fsp3) is 0.250. The van der Waals surface area contributed by atoms with Gasteiger partial charge in [0.15, 0.2) is 10.9 Å². The van der Waals surface area contributed by atoms with Gasteiger partial charge < -0.3 is 15.1 Å². The minimum atomic E-state index is -0.273. The molecular weight excluding hydrogens is 266 g/mol. The average Bonchev–Trinajstić information content (AvgIpc) is 3.06. The second kappa shape index (κ2) is 6.69. The molecule has 100 valence electrons. The van der Waals surface area contributed by atoms with E-state index in [4.69, 9.17) is 4.42 Å². The van der Waals surface area contributed by atoms with Crippen molar-refractivity contribution in [1.82, 2.24) is 10.3 Å². The summed E-state index contributed by atoms with van der Waals surface area (Å²) in [5.41, 5.74) is 0. The molecule has 2 aromatic rings. The van der Waals surface area contributed by atoms with Gasteiger partial charge in [0.25, 0.3) is 5.91 Å². The molecule has 0 aromatic carbocycles. The predicted molar refractivity (Wildman–Crippen MR) is 71.0 cm³/mol. The smallest absolute Gasteiger partial charge is 0.286 e. The lowest BCUT2D eigenvalue weighted by atomic mass is 10.3. The largest absolute Gasteiger partial charge is 0.459 e. The summed E-state index contributed by atoms with van der Waals surface area (Å²) in [6, 6.07) is 3.24. The Hall–Kier alpha value is -2.15. The Balaban J connectivity index is 1.61. The summed E-state index contributed by atoms with van der Waals surface area (Å²) in [6.07, 6.45) is 3.96. The first-order valence-corrected chi connectivity index (χ1v) is 6.65. The van der Waals surface area contributed by atoms with E-state index < -0.39 is 0 Å². The van der Waals surface area contributed by atoms with E-state index in [1.165, 1.54) is 17.6 Å². The highest BCUT2D eigenvalue weighted by Gasteiger charge is 2.08. The minimum Gasteiger partial charge on any atom is -0.459 e. The molecule has 19 heavy (non-hydrogen) atoms. The lowest BCUT2D eigenvalue weighted by Gasteiger charge is -2.03. The van der Waals surface area contributed by atoms with Gasteiger partial charge in [-0.05, 0) is 18.6 Å². The molecule has 0 aliphatic heterocycles. The van der Waals surface area contributed by atoms with Crippen LogP contribution < -0.4 is 10.6 Å². The highest BCUT2D eigenvalue weighted by molar-refractivity contribution is 7.13. The number of amides is 2. The van der Waals surface area contributed by atoms with Gasteiger partial charge in [-0.15, -0.1) is 11.3 Å². The third-order valence-electron chi connectivity index (χ3n) is 2.29. The normalized spacial score (nSPS) is 10.1. The zero-order chi connectivity index (χ0) is 13.5. The maximum atomic E-state index is 11.5. The van der Waals surface area contributed by atoms with E-state index in [-0.39, 0.29) is 17.6 Å². The minimum absolute atomic E-state index is 0.109. The van der Waals surface area contributed by atoms with Crippen molar-refractivity contribution >= 4 is 28.3 Å². The Bertz CT molecular complexity index is 522. The summed E-state index contributed by atoms with van der Waals surface area (Å²) in [5.74, 6) is -0.111. The molecule has 0 unspecified atom stereocenters. The number of carbonyl (C=O) groups excluding carboxylic acids is 2. The molecule has 0 bridgehead atoms. The molecule has 0 fully saturated rings. The van der Waals surface area contributed by atoms with Crippen LogP contribution in [0, 0.1) is 0 Å². The number of nitrogens with zero attached hydrogens (tertiary/aromatic N) is 1. The third-order valence-corrected chi connectivity index (χ3v) is 2.98. The first-order valence-electron chi connectivity index (χ1n) is 5.77. The summed E-state index contributed by atoms with van der Waals surface area (Å²) >= 11 is 1.37. The van der Waals surface area contributed by atoms with E-state index in [1.807, 2.05) is 0 Å². The van der Waals surface area contributed by atoms with Crippen molar-refractivity contribution < 1.29 is 14.0 Å². The first-order chi connectivity index (χ1) is 9.25. The summed E-state index contributed by atoms with van der Waals surface area (Å²) in [5, 5.41) is 7.73. The fourth-order valence-corrected chi connectivity index (χ4v) is 1.96. The van der Waals surface area contributed by atoms with Crippen LogP contribution in [0.2, 0.25) is 0 Å². The standard InChI is InChI=1S/C12H13N3O3S/c16-10(15-12-14-6-8-19-12)4-1-5-13-11(17)9-3-2-7-18-9/h2-3,6-8H,1,4-5H2,(H,13,17)(H,14,15,16). The van der Waals surface area contributed by atoms with Crippen LogP contribution in [-0.2, 0) is 4.79 Å².